The van der Waals surface area contributed by atoms with Crippen molar-refractivity contribution in [1.29, 1.82) is 0 Å². The van der Waals surface area contributed by atoms with Crippen molar-refractivity contribution in [2.45, 2.75) is 0 Å². The van der Waals surface area contributed by atoms with E-state index >= 15 is 0 Å². The van der Waals surface area contributed by atoms with Crippen molar-refractivity contribution in [3.8, 4) is 0 Å². The zero-order chi connectivity index (χ0) is 11.3. The monoisotopic (exact) mass is 238 g/mol. The molecular formula is C13H26N4+2. The summed E-state index contributed by atoms with van der Waals surface area (Å²) < 4.78 is 2.91. The van der Waals surface area contributed by atoms with Crippen molar-refractivity contribution >= 4 is 0 Å². The number of hydrogen-bond donors (Lipinski definition) is 0. The highest BCUT2D eigenvalue weighted by molar-refractivity contribution is 4.73. The Morgan fingerprint density at radius 3 is 1.12 bits per heavy atom. The van der Waals surface area contributed by atoms with Crippen LogP contribution in [-0.4, -0.2) is 104 Å². The summed E-state index contributed by atoms with van der Waals surface area (Å²) in [5.41, 5.74) is 0. The molecule has 4 heteroatoms. The zero-order valence-electron chi connectivity index (χ0n) is 11.0. The molecule has 0 aromatic heterocycles. The van der Waals surface area contributed by atoms with Crippen LogP contribution in [0.2, 0.25) is 0 Å². The molecule has 6 saturated heterocycles. The van der Waals surface area contributed by atoms with Crippen LogP contribution in [0.3, 0.4) is 0 Å². The number of rotatable bonds is 2. The highest BCUT2D eigenvalue weighted by atomic mass is 15.6. The van der Waals surface area contributed by atoms with Gasteiger partial charge in [0.2, 0.25) is 6.67 Å². The first-order valence-corrected chi connectivity index (χ1v) is 7.43. The predicted octanol–water partition coefficient (Wildman–Crippen LogP) is -0.764. The fraction of sp³-hybridized carbons (Fsp3) is 1.00. The topological polar surface area (TPSA) is 6.48 Å². The largest absolute Gasteiger partial charge is 0.287 e. The Balaban J connectivity index is 1.52. The molecule has 4 bridgehead atoms. The molecule has 96 valence electrons. The Morgan fingerprint density at radius 1 is 0.529 bits per heavy atom. The number of nitrogens with zero attached hydrogens (tertiary/aromatic N) is 4. The van der Waals surface area contributed by atoms with E-state index in [2.05, 4.69) is 9.80 Å². The molecule has 6 aliphatic rings. The van der Waals surface area contributed by atoms with Crippen LogP contribution in [0.15, 0.2) is 0 Å². The molecule has 6 rings (SSSR count). The predicted molar refractivity (Wildman–Crippen MR) is 67.5 cm³/mol. The van der Waals surface area contributed by atoms with Crippen LogP contribution in [-0.2, 0) is 0 Å². The third kappa shape index (κ3) is 1.73. The Bertz CT molecular complexity index is 243. The van der Waals surface area contributed by atoms with E-state index in [9.17, 15) is 0 Å². The van der Waals surface area contributed by atoms with Crippen LogP contribution in [0.1, 0.15) is 0 Å². The normalized spacial score (nSPS) is 52.9. The fourth-order valence-electron chi connectivity index (χ4n) is 4.52. The summed E-state index contributed by atoms with van der Waals surface area (Å²) in [6.07, 6.45) is 0. The van der Waals surface area contributed by atoms with E-state index in [0.29, 0.717) is 0 Å². The first-order valence-electron chi connectivity index (χ1n) is 7.43. The minimum Gasteiger partial charge on any atom is -0.287 e. The molecule has 6 heterocycles. The molecular weight excluding hydrogens is 212 g/mol. The molecule has 0 unspecified atom stereocenters. The lowest BCUT2D eigenvalue weighted by molar-refractivity contribution is -1.11. The van der Waals surface area contributed by atoms with E-state index in [1.165, 1.54) is 94.2 Å². The summed E-state index contributed by atoms with van der Waals surface area (Å²) in [4.78, 5) is 5.32. The second-order valence-corrected chi connectivity index (χ2v) is 6.85. The minimum atomic E-state index is 1.37. The molecule has 6 fully saturated rings. The lowest BCUT2D eigenvalue weighted by Crippen LogP contribution is -2.77. The number of piperazine rings is 6. The van der Waals surface area contributed by atoms with Gasteiger partial charge in [0.05, 0.1) is 39.3 Å². The number of fused-ring (bicyclic) bond motifs is 6. The Kier molecular flexibility index (Phi) is 2.32. The molecule has 0 atom stereocenters. The van der Waals surface area contributed by atoms with Gasteiger partial charge in [0, 0.05) is 39.3 Å². The summed E-state index contributed by atoms with van der Waals surface area (Å²) in [6.45, 7) is 18.3. The van der Waals surface area contributed by atoms with Gasteiger partial charge in [-0.05, 0) is 0 Å². The first kappa shape index (κ1) is 10.7. The van der Waals surface area contributed by atoms with Gasteiger partial charge in [-0.25, -0.2) is 0 Å². The molecule has 0 aromatic carbocycles. The molecule has 0 N–H and O–H groups in total. The van der Waals surface area contributed by atoms with Crippen molar-refractivity contribution in [3.05, 3.63) is 0 Å². The molecule has 0 radical (unpaired) electrons. The number of quaternary nitrogens is 2. The second-order valence-electron chi connectivity index (χ2n) is 6.85. The molecule has 4 nitrogen and oxygen atoms in total. The van der Waals surface area contributed by atoms with Crippen LogP contribution in [0.5, 0.6) is 0 Å². The molecule has 0 aliphatic carbocycles. The van der Waals surface area contributed by atoms with Gasteiger partial charge in [0.1, 0.15) is 0 Å². The Labute approximate surface area is 105 Å². The highest BCUT2D eigenvalue weighted by Gasteiger charge is 2.48. The molecule has 0 aromatic rings. The van der Waals surface area contributed by atoms with Crippen LogP contribution >= 0.6 is 0 Å². The number of hydrogen-bond acceptors (Lipinski definition) is 2. The SMILES string of the molecule is C1C[N+]2(C[N+]34CCN(CC3)CC4)CCN1CC2. The minimum absolute atomic E-state index is 1.37. The van der Waals surface area contributed by atoms with Gasteiger partial charge in [-0.3, -0.25) is 18.8 Å². The average Bonchev–Trinajstić information content (AvgIpc) is 2.42. The van der Waals surface area contributed by atoms with Crippen molar-refractivity contribution in [2.75, 3.05) is 85.2 Å². The third-order valence-electron chi connectivity index (χ3n) is 5.94. The van der Waals surface area contributed by atoms with Crippen LogP contribution in [0.4, 0.5) is 0 Å². The summed E-state index contributed by atoms with van der Waals surface area (Å²) in [6, 6.07) is 0. The smallest absolute Gasteiger partial charge is 0.207 e. The van der Waals surface area contributed by atoms with E-state index in [-0.39, 0.29) is 0 Å². The second kappa shape index (κ2) is 3.67. The van der Waals surface area contributed by atoms with Gasteiger partial charge < -0.3 is 0 Å². The summed E-state index contributed by atoms with van der Waals surface area (Å²) in [5.74, 6) is 0. The fourth-order valence-corrected chi connectivity index (χ4v) is 4.52. The molecule has 0 spiro atoms. The Hall–Kier alpha value is -0.160. The standard InChI is InChI=1S/C13H26N4/c1-7-16(8-2-14(1)3-9-16)13-17-10-4-15(5-11-17)6-12-17/h1-13H2/q+2. The highest BCUT2D eigenvalue weighted by Crippen LogP contribution is 2.27. The molecule has 0 amide bonds. The molecule has 0 saturated carbocycles. The lowest BCUT2D eigenvalue weighted by atomic mass is 10.1. The zero-order valence-corrected chi connectivity index (χ0v) is 11.0. The van der Waals surface area contributed by atoms with E-state index in [0.717, 1.165) is 0 Å². The quantitative estimate of drug-likeness (QED) is 0.583. The van der Waals surface area contributed by atoms with Gasteiger partial charge in [0.15, 0.2) is 0 Å². The van der Waals surface area contributed by atoms with Crippen molar-refractivity contribution < 1.29 is 8.97 Å². The van der Waals surface area contributed by atoms with E-state index in [1.54, 1.807) is 0 Å². The van der Waals surface area contributed by atoms with E-state index < -0.39 is 0 Å². The average molecular weight is 238 g/mol. The maximum Gasteiger partial charge on any atom is 0.207 e. The summed E-state index contributed by atoms with van der Waals surface area (Å²) in [7, 11) is 0. The molecule has 6 aliphatic heterocycles. The van der Waals surface area contributed by atoms with E-state index in [4.69, 9.17) is 0 Å². The van der Waals surface area contributed by atoms with Crippen LogP contribution < -0.4 is 0 Å². The summed E-state index contributed by atoms with van der Waals surface area (Å²) >= 11 is 0. The van der Waals surface area contributed by atoms with Crippen LogP contribution in [0, 0.1) is 0 Å². The van der Waals surface area contributed by atoms with Crippen LogP contribution in [0.25, 0.3) is 0 Å². The van der Waals surface area contributed by atoms with Gasteiger partial charge in [0.25, 0.3) is 0 Å². The van der Waals surface area contributed by atoms with Gasteiger partial charge in [-0.15, -0.1) is 0 Å². The third-order valence-corrected chi connectivity index (χ3v) is 5.94. The van der Waals surface area contributed by atoms with Gasteiger partial charge in [-0.2, -0.15) is 0 Å². The first-order chi connectivity index (χ1) is 8.28. The Morgan fingerprint density at radius 2 is 0.824 bits per heavy atom. The maximum absolute atomic E-state index is 2.66. The van der Waals surface area contributed by atoms with Gasteiger partial charge >= 0.3 is 0 Å². The lowest BCUT2D eigenvalue weighted by Gasteiger charge is -2.57. The summed E-state index contributed by atoms with van der Waals surface area (Å²) in [5, 5.41) is 0. The van der Waals surface area contributed by atoms with Gasteiger partial charge in [-0.1, -0.05) is 0 Å². The van der Waals surface area contributed by atoms with E-state index in [1.807, 2.05) is 0 Å². The molecule has 17 heavy (non-hydrogen) atoms. The van der Waals surface area contributed by atoms with Crippen molar-refractivity contribution in [2.24, 2.45) is 0 Å². The van der Waals surface area contributed by atoms with Crippen molar-refractivity contribution in [1.82, 2.24) is 9.80 Å². The maximum atomic E-state index is 2.66. The van der Waals surface area contributed by atoms with Crippen molar-refractivity contribution in [3.63, 3.8) is 0 Å².